The Morgan fingerprint density at radius 1 is 1.09 bits per heavy atom. The second-order valence-corrected chi connectivity index (χ2v) is 5.51. The van der Waals surface area contributed by atoms with E-state index in [1.807, 2.05) is 6.92 Å². The number of rotatable bonds is 2. The van der Waals surface area contributed by atoms with Gasteiger partial charge in [-0.2, -0.15) is 13.2 Å². The van der Waals surface area contributed by atoms with Crippen LogP contribution in [-0.2, 0) is 6.18 Å². The molecular formula is C16H16F3N3. The first-order valence-electron chi connectivity index (χ1n) is 7.20. The smallest absolute Gasteiger partial charge is 0.370 e. The van der Waals surface area contributed by atoms with Crippen molar-refractivity contribution in [3.63, 3.8) is 0 Å². The molecule has 6 heteroatoms. The standard InChI is InChI=1S/C16H16F3N3/c1-11-8-12(10-20-9-11)13-4-5-14(22-6-2-3-7-22)15(21-13)16(17,18)19/h4-5,8-10H,2-3,6-7H2,1H3. The van der Waals surface area contributed by atoms with Crippen LogP contribution in [0.5, 0.6) is 0 Å². The van der Waals surface area contributed by atoms with Crippen LogP contribution < -0.4 is 4.90 Å². The second-order valence-electron chi connectivity index (χ2n) is 5.51. The van der Waals surface area contributed by atoms with E-state index >= 15 is 0 Å². The molecule has 0 atom stereocenters. The fourth-order valence-corrected chi connectivity index (χ4v) is 2.73. The van der Waals surface area contributed by atoms with Crippen molar-refractivity contribution in [1.82, 2.24) is 9.97 Å². The lowest BCUT2D eigenvalue weighted by molar-refractivity contribution is -0.140. The minimum Gasteiger partial charge on any atom is -0.370 e. The lowest BCUT2D eigenvalue weighted by Gasteiger charge is -2.22. The van der Waals surface area contributed by atoms with E-state index in [1.54, 1.807) is 23.2 Å². The minimum atomic E-state index is -4.47. The summed E-state index contributed by atoms with van der Waals surface area (Å²) >= 11 is 0. The number of anilines is 1. The molecule has 2 aromatic rings. The summed E-state index contributed by atoms with van der Waals surface area (Å²) in [5.41, 5.74) is 1.14. The van der Waals surface area contributed by atoms with E-state index in [2.05, 4.69) is 9.97 Å². The van der Waals surface area contributed by atoms with Crippen LogP contribution in [-0.4, -0.2) is 23.1 Å². The summed E-state index contributed by atoms with van der Waals surface area (Å²) in [7, 11) is 0. The Morgan fingerprint density at radius 2 is 1.82 bits per heavy atom. The van der Waals surface area contributed by atoms with Gasteiger partial charge in [0, 0.05) is 31.0 Å². The third-order valence-corrected chi connectivity index (χ3v) is 3.76. The number of hydrogen-bond donors (Lipinski definition) is 0. The molecule has 1 fully saturated rings. The van der Waals surface area contributed by atoms with Crippen molar-refractivity contribution in [2.24, 2.45) is 0 Å². The van der Waals surface area contributed by atoms with Crippen LogP contribution in [0.25, 0.3) is 11.3 Å². The molecule has 0 bridgehead atoms. The van der Waals surface area contributed by atoms with Crippen LogP contribution in [0.2, 0.25) is 0 Å². The molecular weight excluding hydrogens is 291 g/mol. The van der Waals surface area contributed by atoms with Crippen molar-refractivity contribution in [3.05, 3.63) is 41.9 Å². The quantitative estimate of drug-likeness (QED) is 0.837. The van der Waals surface area contributed by atoms with Crippen LogP contribution in [0.4, 0.5) is 18.9 Å². The Kier molecular flexibility index (Phi) is 3.76. The maximum Gasteiger partial charge on any atom is 0.435 e. The molecule has 3 nitrogen and oxygen atoms in total. The van der Waals surface area contributed by atoms with Crippen LogP contribution >= 0.6 is 0 Å². The van der Waals surface area contributed by atoms with Crippen LogP contribution in [0.1, 0.15) is 24.1 Å². The Labute approximate surface area is 126 Å². The van der Waals surface area contributed by atoms with Gasteiger partial charge in [0.25, 0.3) is 0 Å². The van der Waals surface area contributed by atoms with Crippen molar-refractivity contribution < 1.29 is 13.2 Å². The lowest BCUT2D eigenvalue weighted by atomic mass is 10.1. The van der Waals surface area contributed by atoms with Gasteiger partial charge in [0.1, 0.15) is 0 Å². The molecule has 2 aromatic heterocycles. The monoisotopic (exact) mass is 307 g/mol. The molecule has 0 aliphatic carbocycles. The summed E-state index contributed by atoms with van der Waals surface area (Å²) < 4.78 is 40.1. The topological polar surface area (TPSA) is 29.0 Å². The molecule has 0 unspecified atom stereocenters. The first kappa shape index (κ1) is 14.8. The van der Waals surface area contributed by atoms with Crippen molar-refractivity contribution in [1.29, 1.82) is 0 Å². The molecule has 0 amide bonds. The van der Waals surface area contributed by atoms with E-state index in [9.17, 15) is 13.2 Å². The highest BCUT2D eigenvalue weighted by Gasteiger charge is 2.37. The van der Waals surface area contributed by atoms with Crippen LogP contribution in [0.15, 0.2) is 30.6 Å². The van der Waals surface area contributed by atoms with E-state index in [0.29, 0.717) is 24.3 Å². The van der Waals surface area contributed by atoms with Gasteiger partial charge < -0.3 is 4.90 Å². The highest BCUT2D eigenvalue weighted by atomic mass is 19.4. The zero-order valence-corrected chi connectivity index (χ0v) is 12.2. The molecule has 3 rings (SSSR count). The minimum absolute atomic E-state index is 0.175. The molecule has 1 saturated heterocycles. The van der Waals surface area contributed by atoms with Crippen LogP contribution in [0.3, 0.4) is 0 Å². The predicted molar refractivity (Wildman–Crippen MR) is 78.7 cm³/mol. The molecule has 0 saturated carbocycles. The van der Waals surface area contributed by atoms with E-state index in [4.69, 9.17) is 0 Å². The molecule has 0 radical (unpaired) electrons. The van der Waals surface area contributed by atoms with E-state index < -0.39 is 11.9 Å². The fraction of sp³-hybridized carbons (Fsp3) is 0.375. The number of aryl methyl sites for hydroxylation is 1. The van der Waals surface area contributed by atoms with Gasteiger partial charge in [-0.05, 0) is 43.5 Å². The SMILES string of the molecule is Cc1cncc(-c2ccc(N3CCCC3)c(C(F)(F)F)n2)c1. The molecule has 3 heterocycles. The average Bonchev–Trinajstić information content (AvgIpc) is 3.00. The number of aromatic nitrogens is 2. The zero-order valence-electron chi connectivity index (χ0n) is 12.2. The molecule has 0 aromatic carbocycles. The molecule has 0 spiro atoms. The van der Waals surface area contributed by atoms with Crippen molar-refractivity contribution in [2.45, 2.75) is 25.9 Å². The van der Waals surface area contributed by atoms with Gasteiger partial charge >= 0.3 is 6.18 Å². The van der Waals surface area contributed by atoms with E-state index in [1.165, 1.54) is 12.3 Å². The first-order valence-corrected chi connectivity index (χ1v) is 7.20. The summed E-state index contributed by atoms with van der Waals surface area (Å²) in [6, 6.07) is 4.95. The number of nitrogens with zero attached hydrogens (tertiary/aromatic N) is 3. The number of hydrogen-bond acceptors (Lipinski definition) is 3. The number of alkyl halides is 3. The summed E-state index contributed by atoms with van der Waals surface area (Å²) in [5, 5.41) is 0. The lowest BCUT2D eigenvalue weighted by Crippen LogP contribution is -2.23. The second kappa shape index (κ2) is 5.59. The van der Waals surface area contributed by atoms with Gasteiger partial charge in [-0.1, -0.05) is 0 Å². The summed E-state index contributed by atoms with van der Waals surface area (Å²) in [6.07, 6.45) is 0.560. The highest BCUT2D eigenvalue weighted by Crippen LogP contribution is 2.37. The Bertz CT molecular complexity index is 677. The van der Waals surface area contributed by atoms with Crippen molar-refractivity contribution in [3.8, 4) is 11.3 Å². The van der Waals surface area contributed by atoms with Gasteiger partial charge in [-0.25, -0.2) is 4.98 Å². The van der Waals surface area contributed by atoms with Gasteiger partial charge in [-0.15, -0.1) is 0 Å². The van der Waals surface area contributed by atoms with Gasteiger partial charge in [0.15, 0.2) is 5.69 Å². The summed E-state index contributed by atoms with van der Waals surface area (Å²) in [4.78, 5) is 9.67. The summed E-state index contributed by atoms with van der Waals surface area (Å²) in [5.74, 6) is 0. The Hall–Kier alpha value is -2.11. The fourth-order valence-electron chi connectivity index (χ4n) is 2.73. The van der Waals surface area contributed by atoms with Gasteiger partial charge in [-0.3, -0.25) is 4.98 Å². The van der Waals surface area contributed by atoms with Crippen LogP contribution in [0, 0.1) is 6.92 Å². The maximum atomic E-state index is 13.4. The first-order chi connectivity index (χ1) is 10.4. The third-order valence-electron chi connectivity index (χ3n) is 3.76. The van der Waals surface area contributed by atoms with Gasteiger partial charge in [0.2, 0.25) is 0 Å². The molecule has 1 aliphatic heterocycles. The van der Waals surface area contributed by atoms with Gasteiger partial charge in [0.05, 0.1) is 11.4 Å². The van der Waals surface area contributed by atoms with Crippen molar-refractivity contribution >= 4 is 5.69 Å². The number of halogens is 3. The molecule has 22 heavy (non-hydrogen) atoms. The molecule has 0 N–H and O–H groups in total. The van der Waals surface area contributed by atoms with E-state index in [-0.39, 0.29) is 5.69 Å². The molecule has 1 aliphatic rings. The number of pyridine rings is 2. The summed E-state index contributed by atoms with van der Waals surface area (Å²) in [6.45, 7) is 3.14. The average molecular weight is 307 g/mol. The zero-order chi connectivity index (χ0) is 15.7. The van der Waals surface area contributed by atoms with E-state index in [0.717, 1.165) is 18.4 Å². The highest BCUT2D eigenvalue weighted by molar-refractivity contribution is 5.64. The van der Waals surface area contributed by atoms with Crippen molar-refractivity contribution in [2.75, 3.05) is 18.0 Å². The predicted octanol–water partition coefficient (Wildman–Crippen LogP) is 4.07. The largest absolute Gasteiger partial charge is 0.435 e. The maximum absolute atomic E-state index is 13.4. The third kappa shape index (κ3) is 2.91. The Morgan fingerprint density at radius 3 is 2.45 bits per heavy atom. The molecule has 116 valence electrons. The Balaban J connectivity index is 2.08. The normalized spacial score (nSPS) is 15.4.